The summed E-state index contributed by atoms with van der Waals surface area (Å²) in [7, 11) is 0. The topological polar surface area (TPSA) is 52.9 Å². The van der Waals surface area contributed by atoms with Crippen LogP contribution in [0.2, 0.25) is 0 Å². The fraction of sp³-hybridized carbons (Fsp3) is 0.455. The lowest BCUT2D eigenvalue weighted by Gasteiger charge is -2.32. The van der Waals surface area contributed by atoms with Crippen LogP contribution in [0.5, 0.6) is 0 Å². The van der Waals surface area contributed by atoms with E-state index < -0.39 is 6.10 Å². The molecule has 2 aromatic rings. The van der Waals surface area contributed by atoms with Crippen molar-refractivity contribution >= 4 is 0 Å². The van der Waals surface area contributed by atoms with Gasteiger partial charge in [-0.2, -0.15) is 0 Å². The zero-order chi connectivity index (χ0) is 18.4. The predicted molar refractivity (Wildman–Crippen MR) is 103 cm³/mol. The number of piperidine rings is 1. The summed E-state index contributed by atoms with van der Waals surface area (Å²) in [5.74, 6) is 0. The Kier molecular flexibility index (Phi) is 6.80. The zero-order valence-corrected chi connectivity index (χ0v) is 15.4. The number of ether oxygens (including phenoxy) is 1. The maximum atomic E-state index is 10.5. The molecule has 0 bridgehead atoms. The first-order valence-electron chi connectivity index (χ1n) is 9.44. The highest BCUT2D eigenvalue weighted by molar-refractivity contribution is 5.35. The molecule has 4 heteroatoms. The third-order valence-electron chi connectivity index (χ3n) is 4.98. The van der Waals surface area contributed by atoms with Crippen LogP contribution in [0.15, 0.2) is 54.6 Å². The van der Waals surface area contributed by atoms with Crippen molar-refractivity contribution in [1.29, 1.82) is 0 Å². The van der Waals surface area contributed by atoms with Crippen LogP contribution in [0.1, 0.15) is 35.6 Å². The van der Waals surface area contributed by atoms with Gasteiger partial charge < -0.3 is 14.9 Å². The molecule has 2 aromatic carbocycles. The molecule has 0 spiro atoms. The van der Waals surface area contributed by atoms with E-state index >= 15 is 0 Å². The first-order chi connectivity index (χ1) is 12.6. The lowest BCUT2D eigenvalue weighted by Crippen LogP contribution is -2.43. The predicted octanol–water partition coefficient (Wildman–Crippen LogP) is 2.92. The number of benzene rings is 2. The van der Waals surface area contributed by atoms with Crippen LogP contribution in [-0.2, 0) is 4.74 Å². The van der Waals surface area contributed by atoms with Gasteiger partial charge in [0.25, 0.3) is 0 Å². The Morgan fingerprint density at radius 1 is 1.12 bits per heavy atom. The summed E-state index contributed by atoms with van der Waals surface area (Å²) >= 11 is 0. The molecule has 0 saturated carbocycles. The first kappa shape index (κ1) is 19.1. The molecular formula is C22H29NO3. The van der Waals surface area contributed by atoms with E-state index in [1.807, 2.05) is 30.3 Å². The summed E-state index contributed by atoms with van der Waals surface area (Å²) < 4.78 is 6.19. The summed E-state index contributed by atoms with van der Waals surface area (Å²) in [6.45, 7) is 4.44. The standard InChI is InChI=1S/C22H29NO3/c1-17-8-5-6-12-21(17)22(18-9-3-2-4-10-18)26-16-20(25)15-23-13-7-11-19(24)14-23/h2-6,8-10,12,19-20,22,24-25H,7,11,13-16H2,1H3/t19-,20-,22-/m1/s1. The molecule has 26 heavy (non-hydrogen) atoms. The van der Waals surface area contributed by atoms with E-state index in [1.165, 1.54) is 5.56 Å². The average Bonchev–Trinajstić information content (AvgIpc) is 2.64. The fourth-order valence-corrected chi connectivity index (χ4v) is 3.63. The van der Waals surface area contributed by atoms with Crippen LogP contribution in [0.25, 0.3) is 0 Å². The summed E-state index contributed by atoms with van der Waals surface area (Å²) in [5.41, 5.74) is 3.39. The molecule has 2 N–H and O–H groups in total. The summed E-state index contributed by atoms with van der Waals surface area (Å²) in [6, 6.07) is 18.3. The number of β-amino-alcohol motifs (C(OH)–C–C–N with tert-alkyl or cyclic N) is 2. The maximum Gasteiger partial charge on any atom is 0.108 e. The number of hydrogen-bond donors (Lipinski definition) is 2. The molecule has 1 saturated heterocycles. The van der Waals surface area contributed by atoms with E-state index in [2.05, 4.69) is 36.1 Å². The Labute approximate surface area is 156 Å². The molecule has 0 amide bonds. The molecule has 140 valence electrons. The van der Waals surface area contributed by atoms with Crippen molar-refractivity contribution in [2.45, 2.75) is 38.1 Å². The molecule has 1 fully saturated rings. The van der Waals surface area contributed by atoms with Crippen molar-refractivity contribution in [2.24, 2.45) is 0 Å². The Morgan fingerprint density at radius 2 is 1.85 bits per heavy atom. The highest BCUT2D eigenvalue weighted by atomic mass is 16.5. The van der Waals surface area contributed by atoms with Gasteiger partial charge in [-0.3, -0.25) is 4.90 Å². The monoisotopic (exact) mass is 355 g/mol. The summed E-state index contributed by atoms with van der Waals surface area (Å²) in [4.78, 5) is 2.12. The number of aliphatic hydroxyl groups is 2. The second-order valence-electron chi connectivity index (χ2n) is 7.19. The van der Waals surface area contributed by atoms with Crippen molar-refractivity contribution in [1.82, 2.24) is 4.90 Å². The van der Waals surface area contributed by atoms with E-state index in [-0.39, 0.29) is 18.8 Å². The molecule has 0 aliphatic carbocycles. The molecule has 4 nitrogen and oxygen atoms in total. The van der Waals surface area contributed by atoms with Crippen LogP contribution in [-0.4, -0.2) is 53.6 Å². The van der Waals surface area contributed by atoms with Crippen LogP contribution in [0.3, 0.4) is 0 Å². The number of likely N-dealkylation sites (tertiary alicyclic amines) is 1. The van der Waals surface area contributed by atoms with Gasteiger partial charge in [-0.15, -0.1) is 0 Å². The molecular weight excluding hydrogens is 326 g/mol. The minimum Gasteiger partial charge on any atom is -0.392 e. The van der Waals surface area contributed by atoms with E-state index in [0.717, 1.165) is 30.5 Å². The van der Waals surface area contributed by atoms with Crippen LogP contribution in [0.4, 0.5) is 0 Å². The van der Waals surface area contributed by atoms with E-state index in [1.54, 1.807) is 0 Å². The molecule has 3 rings (SSSR count). The summed E-state index contributed by atoms with van der Waals surface area (Å²) in [5, 5.41) is 20.2. The van der Waals surface area contributed by atoms with Gasteiger partial charge in [0.05, 0.1) is 18.8 Å². The van der Waals surface area contributed by atoms with Gasteiger partial charge in [0, 0.05) is 13.1 Å². The molecule has 0 aromatic heterocycles. The second kappa shape index (κ2) is 9.28. The van der Waals surface area contributed by atoms with Gasteiger partial charge in [0.2, 0.25) is 0 Å². The number of aryl methyl sites for hydroxylation is 1. The first-order valence-corrected chi connectivity index (χ1v) is 9.44. The van der Waals surface area contributed by atoms with Gasteiger partial charge in [-0.25, -0.2) is 0 Å². The van der Waals surface area contributed by atoms with E-state index in [9.17, 15) is 10.2 Å². The van der Waals surface area contributed by atoms with Crippen LogP contribution >= 0.6 is 0 Å². The van der Waals surface area contributed by atoms with Crippen molar-refractivity contribution in [2.75, 3.05) is 26.2 Å². The number of hydrogen-bond acceptors (Lipinski definition) is 4. The molecule has 0 unspecified atom stereocenters. The average molecular weight is 355 g/mol. The SMILES string of the molecule is Cc1ccccc1[C@H](OC[C@H](O)CN1CCC[C@@H](O)C1)c1ccccc1. The van der Waals surface area contributed by atoms with E-state index in [4.69, 9.17) is 4.74 Å². The third kappa shape index (κ3) is 5.15. The van der Waals surface area contributed by atoms with Crippen LogP contribution < -0.4 is 0 Å². The fourth-order valence-electron chi connectivity index (χ4n) is 3.63. The summed E-state index contributed by atoms with van der Waals surface area (Å²) in [6.07, 6.45) is 0.785. The Balaban J connectivity index is 1.65. The second-order valence-corrected chi connectivity index (χ2v) is 7.19. The number of rotatable bonds is 7. The van der Waals surface area contributed by atoms with Gasteiger partial charge in [0.1, 0.15) is 6.10 Å². The van der Waals surface area contributed by atoms with Crippen molar-refractivity contribution < 1.29 is 14.9 Å². The highest BCUT2D eigenvalue weighted by Crippen LogP contribution is 2.28. The maximum absolute atomic E-state index is 10.5. The molecule has 1 heterocycles. The van der Waals surface area contributed by atoms with Gasteiger partial charge in [-0.1, -0.05) is 54.6 Å². The minimum absolute atomic E-state index is 0.195. The van der Waals surface area contributed by atoms with Crippen molar-refractivity contribution in [3.8, 4) is 0 Å². The van der Waals surface area contributed by atoms with Crippen molar-refractivity contribution in [3.05, 3.63) is 71.3 Å². The Hall–Kier alpha value is -1.72. The smallest absolute Gasteiger partial charge is 0.108 e. The normalized spacial score (nSPS) is 20.7. The number of aliphatic hydroxyl groups excluding tert-OH is 2. The minimum atomic E-state index is -0.574. The Bertz CT molecular complexity index is 676. The third-order valence-corrected chi connectivity index (χ3v) is 4.98. The lowest BCUT2D eigenvalue weighted by atomic mass is 9.97. The molecule has 1 aliphatic heterocycles. The van der Waals surface area contributed by atoms with E-state index in [0.29, 0.717) is 13.1 Å². The number of nitrogens with zero attached hydrogens (tertiary/aromatic N) is 1. The molecule has 0 radical (unpaired) electrons. The van der Waals surface area contributed by atoms with Crippen LogP contribution in [0, 0.1) is 6.92 Å². The van der Waals surface area contributed by atoms with Crippen molar-refractivity contribution in [3.63, 3.8) is 0 Å². The van der Waals surface area contributed by atoms with Gasteiger partial charge in [0.15, 0.2) is 0 Å². The quantitative estimate of drug-likeness (QED) is 0.802. The lowest BCUT2D eigenvalue weighted by molar-refractivity contribution is -0.0206. The Morgan fingerprint density at radius 3 is 2.58 bits per heavy atom. The largest absolute Gasteiger partial charge is 0.392 e. The molecule has 1 aliphatic rings. The molecule has 3 atom stereocenters. The highest BCUT2D eigenvalue weighted by Gasteiger charge is 2.22. The van der Waals surface area contributed by atoms with Gasteiger partial charge >= 0.3 is 0 Å². The zero-order valence-electron chi connectivity index (χ0n) is 15.4. The van der Waals surface area contributed by atoms with Gasteiger partial charge in [-0.05, 0) is 43.0 Å².